The number of nitrogens with one attached hydrogen (secondary N) is 1. The number of benzene rings is 2. The van der Waals surface area contributed by atoms with Gasteiger partial charge in [-0.05, 0) is 100.0 Å². The first kappa shape index (κ1) is 33.3. The number of rotatable bonds is 11. The number of halogens is 6. The molecule has 2 fully saturated rings. The van der Waals surface area contributed by atoms with Gasteiger partial charge in [-0.3, -0.25) is 4.79 Å². The molecule has 4 rings (SSSR count). The second-order valence-electron chi connectivity index (χ2n) is 11.6. The SMILES string of the molecule is CN(Cc1ccc(Cl)c(C(F)(F)F)c1)C(=O)C(C)(CCN1CCC(NS(=O)(=O)CC2CC2)CC1)c1ccc(Cl)c(Cl)c1. The fourth-order valence-electron chi connectivity index (χ4n) is 5.42. The molecule has 42 heavy (non-hydrogen) atoms. The minimum Gasteiger partial charge on any atom is -0.341 e. The van der Waals surface area contributed by atoms with E-state index in [1.54, 1.807) is 32.2 Å². The minimum absolute atomic E-state index is 0.0532. The molecule has 1 aliphatic heterocycles. The highest BCUT2D eigenvalue weighted by molar-refractivity contribution is 7.89. The van der Waals surface area contributed by atoms with Crippen LogP contribution in [0, 0.1) is 5.92 Å². The van der Waals surface area contributed by atoms with Gasteiger partial charge in [-0.25, -0.2) is 13.1 Å². The first-order chi connectivity index (χ1) is 19.6. The van der Waals surface area contributed by atoms with Crippen LogP contribution in [0.4, 0.5) is 13.2 Å². The summed E-state index contributed by atoms with van der Waals surface area (Å²) in [7, 11) is -1.73. The molecule has 1 atom stereocenters. The molecule has 2 aromatic carbocycles. The van der Waals surface area contributed by atoms with E-state index < -0.39 is 32.2 Å². The number of nitrogens with zero attached hydrogens (tertiary/aromatic N) is 2. The van der Waals surface area contributed by atoms with Crippen LogP contribution in [0.25, 0.3) is 0 Å². The van der Waals surface area contributed by atoms with E-state index in [0.717, 1.165) is 18.9 Å². The van der Waals surface area contributed by atoms with Crippen molar-refractivity contribution in [2.45, 2.75) is 63.2 Å². The summed E-state index contributed by atoms with van der Waals surface area (Å²) in [5.41, 5.74) is -1.08. The van der Waals surface area contributed by atoms with E-state index in [4.69, 9.17) is 34.8 Å². The summed E-state index contributed by atoms with van der Waals surface area (Å²) in [6, 6.07) is 8.53. The summed E-state index contributed by atoms with van der Waals surface area (Å²) in [4.78, 5) is 17.6. The molecule has 1 N–H and O–H groups in total. The fraction of sp³-hybridized carbons (Fsp3) is 0.552. The number of sulfonamides is 1. The Labute approximate surface area is 260 Å². The number of amides is 1. The Bertz CT molecular complexity index is 1400. The molecule has 0 bridgehead atoms. The summed E-state index contributed by atoms with van der Waals surface area (Å²) >= 11 is 18.2. The smallest absolute Gasteiger partial charge is 0.341 e. The Hall–Kier alpha value is -1.56. The lowest BCUT2D eigenvalue weighted by atomic mass is 9.77. The molecule has 1 saturated heterocycles. The molecule has 0 aromatic heterocycles. The van der Waals surface area contributed by atoms with E-state index in [0.29, 0.717) is 60.1 Å². The Balaban J connectivity index is 1.46. The number of hydrogen-bond donors (Lipinski definition) is 1. The van der Waals surface area contributed by atoms with Crippen LogP contribution in [-0.4, -0.2) is 62.6 Å². The first-order valence-electron chi connectivity index (χ1n) is 13.9. The molecule has 232 valence electrons. The molecule has 0 radical (unpaired) electrons. The van der Waals surface area contributed by atoms with Crippen LogP contribution in [0.2, 0.25) is 15.1 Å². The molecule has 6 nitrogen and oxygen atoms in total. The molecule has 1 unspecified atom stereocenters. The second kappa shape index (κ2) is 13.2. The molecule has 0 spiro atoms. The summed E-state index contributed by atoms with van der Waals surface area (Å²) in [6.07, 6.45) is -0.938. The number of carbonyl (C=O) groups excluding carboxylic acids is 1. The maximum Gasteiger partial charge on any atom is 0.417 e. The van der Waals surface area contributed by atoms with Gasteiger partial charge in [-0.1, -0.05) is 46.9 Å². The highest BCUT2D eigenvalue weighted by Gasteiger charge is 2.39. The van der Waals surface area contributed by atoms with Crippen molar-refractivity contribution >= 4 is 50.7 Å². The Morgan fingerprint density at radius 2 is 1.64 bits per heavy atom. The van der Waals surface area contributed by atoms with Crippen LogP contribution in [0.1, 0.15) is 55.7 Å². The zero-order valence-corrected chi connectivity index (χ0v) is 26.6. The lowest BCUT2D eigenvalue weighted by Crippen LogP contribution is -2.48. The van der Waals surface area contributed by atoms with E-state index >= 15 is 0 Å². The number of alkyl halides is 3. The summed E-state index contributed by atoms with van der Waals surface area (Å²) in [5, 5.41) is 0.235. The van der Waals surface area contributed by atoms with E-state index in [2.05, 4.69) is 9.62 Å². The largest absolute Gasteiger partial charge is 0.417 e. The number of carbonyl (C=O) groups is 1. The third-order valence-electron chi connectivity index (χ3n) is 8.15. The van der Waals surface area contributed by atoms with Gasteiger partial charge >= 0.3 is 6.18 Å². The molecule has 1 heterocycles. The van der Waals surface area contributed by atoms with Crippen molar-refractivity contribution in [2.24, 2.45) is 5.92 Å². The highest BCUT2D eigenvalue weighted by atomic mass is 35.5. The van der Waals surface area contributed by atoms with Crippen molar-refractivity contribution in [3.8, 4) is 0 Å². The maximum atomic E-state index is 14.0. The zero-order chi connectivity index (χ0) is 30.9. The van der Waals surface area contributed by atoms with Crippen LogP contribution >= 0.6 is 34.8 Å². The van der Waals surface area contributed by atoms with Crippen LogP contribution in [0.15, 0.2) is 36.4 Å². The Morgan fingerprint density at radius 3 is 2.24 bits per heavy atom. The predicted octanol–water partition coefficient (Wildman–Crippen LogP) is 6.77. The molecular formula is C29H35Cl3F3N3O3S. The molecule has 13 heteroatoms. The van der Waals surface area contributed by atoms with Gasteiger partial charge in [-0.2, -0.15) is 13.2 Å². The third-order valence-corrected chi connectivity index (χ3v) is 10.8. The predicted molar refractivity (Wildman–Crippen MR) is 160 cm³/mol. The Kier molecular flexibility index (Phi) is 10.5. The summed E-state index contributed by atoms with van der Waals surface area (Å²) in [5.74, 6) is 0.189. The highest BCUT2D eigenvalue weighted by Crippen LogP contribution is 2.37. The van der Waals surface area contributed by atoms with Crippen molar-refractivity contribution < 1.29 is 26.4 Å². The molecule has 2 aromatic rings. The van der Waals surface area contributed by atoms with E-state index in [1.807, 2.05) is 0 Å². The van der Waals surface area contributed by atoms with Crippen LogP contribution in [0.3, 0.4) is 0 Å². The van der Waals surface area contributed by atoms with Crippen molar-refractivity contribution in [2.75, 3.05) is 32.4 Å². The van der Waals surface area contributed by atoms with E-state index in [-0.39, 0.29) is 30.2 Å². The number of likely N-dealkylation sites (N-methyl/N-ethyl adjacent to an activating group) is 1. The van der Waals surface area contributed by atoms with Crippen LogP contribution in [-0.2, 0) is 33.0 Å². The van der Waals surface area contributed by atoms with Crippen molar-refractivity contribution in [3.63, 3.8) is 0 Å². The van der Waals surface area contributed by atoms with Gasteiger partial charge in [0, 0.05) is 19.6 Å². The average molecular weight is 669 g/mol. The zero-order valence-electron chi connectivity index (χ0n) is 23.5. The van der Waals surface area contributed by atoms with E-state index in [9.17, 15) is 26.4 Å². The quantitative estimate of drug-likeness (QED) is 0.287. The molecule has 1 amide bonds. The molecule has 1 aliphatic carbocycles. The van der Waals surface area contributed by atoms with Crippen LogP contribution < -0.4 is 4.72 Å². The van der Waals surface area contributed by atoms with Gasteiger partial charge in [0.1, 0.15) is 0 Å². The normalized spacial score (nSPS) is 18.6. The lowest BCUT2D eigenvalue weighted by Gasteiger charge is -2.37. The van der Waals surface area contributed by atoms with Gasteiger partial charge < -0.3 is 9.80 Å². The lowest BCUT2D eigenvalue weighted by molar-refractivity contribution is -0.137. The fourth-order valence-corrected chi connectivity index (χ4v) is 7.74. The van der Waals surface area contributed by atoms with Crippen molar-refractivity contribution in [1.29, 1.82) is 0 Å². The Morgan fingerprint density at radius 1 is 1.00 bits per heavy atom. The second-order valence-corrected chi connectivity index (χ2v) is 14.7. The summed E-state index contributed by atoms with van der Waals surface area (Å²) in [6.45, 7) is 3.64. The summed E-state index contributed by atoms with van der Waals surface area (Å²) < 4.78 is 67.9. The number of likely N-dealkylation sites (tertiary alicyclic amines) is 1. The standard InChI is InChI=1S/C29H35Cl3F3N3O3S/c1-28(21-6-8-25(31)26(32)16-21,27(39)37(2)17-20-5-7-24(30)23(15-20)29(33,34)35)11-14-38-12-9-22(10-13-38)36-42(40,41)18-19-3-4-19/h5-8,15-16,19,22,36H,3-4,9-14,17-18H2,1-2H3. The van der Waals surface area contributed by atoms with Gasteiger partial charge in [0.15, 0.2) is 0 Å². The van der Waals surface area contributed by atoms with Crippen LogP contribution in [0.5, 0.6) is 0 Å². The van der Waals surface area contributed by atoms with Crippen molar-refractivity contribution in [3.05, 3.63) is 68.2 Å². The molecule has 2 aliphatic rings. The average Bonchev–Trinajstić information content (AvgIpc) is 3.72. The number of piperidine rings is 1. The van der Waals surface area contributed by atoms with Crippen molar-refractivity contribution in [1.82, 2.24) is 14.5 Å². The third kappa shape index (κ3) is 8.54. The first-order valence-corrected chi connectivity index (χ1v) is 16.6. The monoisotopic (exact) mass is 667 g/mol. The van der Waals surface area contributed by atoms with Gasteiger partial charge in [0.05, 0.1) is 31.8 Å². The number of hydrogen-bond acceptors (Lipinski definition) is 4. The topological polar surface area (TPSA) is 69.7 Å². The van der Waals surface area contributed by atoms with E-state index in [1.165, 1.54) is 17.0 Å². The molecule has 1 saturated carbocycles. The molecular weight excluding hydrogens is 634 g/mol. The maximum absolute atomic E-state index is 14.0. The van der Waals surface area contributed by atoms with Gasteiger partial charge in [-0.15, -0.1) is 0 Å². The van der Waals surface area contributed by atoms with Gasteiger partial charge in [0.25, 0.3) is 0 Å². The minimum atomic E-state index is -4.62. The van der Waals surface area contributed by atoms with Gasteiger partial charge in [0.2, 0.25) is 15.9 Å².